The number of halogens is 2. The van der Waals surface area contributed by atoms with Crippen LogP contribution in [0.15, 0.2) is 46.0 Å². The monoisotopic (exact) mass is 364 g/mol. The van der Waals surface area contributed by atoms with Crippen molar-refractivity contribution in [2.45, 2.75) is 0 Å². The van der Waals surface area contributed by atoms with Crippen LogP contribution in [0.2, 0.25) is 0 Å². The van der Waals surface area contributed by atoms with Crippen LogP contribution in [0, 0.1) is 5.82 Å². The number of fused-ring (bicyclic) bond motifs is 1. The van der Waals surface area contributed by atoms with E-state index in [-0.39, 0.29) is 12.4 Å². The molecule has 0 unspecified atom stereocenters. The number of hydrazone groups is 1. The summed E-state index contributed by atoms with van der Waals surface area (Å²) in [6, 6.07) is 9.26. The normalized spacial score (nSPS) is 12.6. The number of rotatable bonds is 3. The third-order valence-corrected chi connectivity index (χ3v) is 3.46. The summed E-state index contributed by atoms with van der Waals surface area (Å²) in [4.78, 5) is 12.0. The Balaban J connectivity index is 1.69. The van der Waals surface area contributed by atoms with Gasteiger partial charge >= 0.3 is 0 Å². The van der Waals surface area contributed by atoms with Gasteiger partial charge in [-0.15, -0.1) is 0 Å². The van der Waals surface area contributed by atoms with Crippen molar-refractivity contribution in [1.29, 1.82) is 0 Å². The fourth-order valence-electron chi connectivity index (χ4n) is 1.88. The van der Waals surface area contributed by atoms with Crippen molar-refractivity contribution in [3.63, 3.8) is 0 Å². The van der Waals surface area contributed by atoms with Gasteiger partial charge in [0.05, 0.1) is 6.21 Å². The van der Waals surface area contributed by atoms with Gasteiger partial charge in [0, 0.05) is 15.6 Å². The molecule has 1 aliphatic heterocycles. The first-order chi connectivity index (χ1) is 10.6. The van der Waals surface area contributed by atoms with Crippen molar-refractivity contribution in [3.05, 3.63) is 57.8 Å². The summed E-state index contributed by atoms with van der Waals surface area (Å²) in [5.41, 5.74) is 2.97. The summed E-state index contributed by atoms with van der Waals surface area (Å²) in [5, 5.41) is 3.76. The molecule has 1 amide bonds. The third-order valence-electron chi connectivity index (χ3n) is 2.96. The average molecular weight is 365 g/mol. The van der Waals surface area contributed by atoms with Crippen LogP contribution in [0.4, 0.5) is 4.39 Å². The molecule has 2 aromatic carbocycles. The lowest BCUT2D eigenvalue weighted by molar-refractivity contribution is 0.0954. The van der Waals surface area contributed by atoms with Crippen molar-refractivity contribution < 1.29 is 18.7 Å². The molecule has 2 aromatic rings. The van der Waals surface area contributed by atoms with Crippen molar-refractivity contribution >= 4 is 28.1 Å². The number of carbonyl (C=O) groups is 1. The zero-order valence-corrected chi connectivity index (χ0v) is 12.8. The summed E-state index contributed by atoms with van der Waals surface area (Å²) in [6.07, 6.45) is 1.24. The lowest BCUT2D eigenvalue weighted by Gasteiger charge is -2.02. The van der Waals surface area contributed by atoms with Gasteiger partial charge in [-0.05, 0) is 36.4 Å². The van der Waals surface area contributed by atoms with E-state index in [2.05, 4.69) is 26.5 Å². The van der Waals surface area contributed by atoms with Gasteiger partial charge in [0.2, 0.25) is 6.79 Å². The van der Waals surface area contributed by atoms with E-state index in [1.54, 1.807) is 30.3 Å². The van der Waals surface area contributed by atoms with E-state index in [1.165, 1.54) is 12.3 Å². The van der Waals surface area contributed by atoms with Crippen LogP contribution >= 0.6 is 15.9 Å². The molecule has 112 valence electrons. The highest BCUT2D eigenvalue weighted by Gasteiger charge is 2.15. The molecule has 22 heavy (non-hydrogen) atoms. The van der Waals surface area contributed by atoms with Crippen LogP contribution in [-0.4, -0.2) is 18.9 Å². The third kappa shape index (κ3) is 3.09. The van der Waals surface area contributed by atoms with Crippen LogP contribution in [-0.2, 0) is 0 Å². The van der Waals surface area contributed by atoms with E-state index in [9.17, 15) is 9.18 Å². The molecule has 7 heteroatoms. The van der Waals surface area contributed by atoms with Gasteiger partial charge in [0.1, 0.15) is 5.82 Å². The topological polar surface area (TPSA) is 59.9 Å². The number of amides is 1. The lowest BCUT2D eigenvalue weighted by atomic mass is 10.2. The zero-order valence-electron chi connectivity index (χ0n) is 11.2. The molecule has 1 heterocycles. The minimum Gasteiger partial charge on any atom is -0.454 e. The van der Waals surface area contributed by atoms with Crippen LogP contribution in [0.3, 0.4) is 0 Å². The summed E-state index contributed by atoms with van der Waals surface area (Å²) in [7, 11) is 0. The largest absolute Gasteiger partial charge is 0.454 e. The molecule has 0 saturated heterocycles. The molecule has 5 nitrogen and oxygen atoms in total. The molecule has 0 aliphatic carbocycles. The van der Waals surface area contributed by atoms with E-state index in [1.807, 2.05) is 0 Å². The first-order valence-electron chi connectivity index (χ1n) is 6.31. The second-order valence-electron chi connectivity index (χ2n) is 4.43. The predicted octanol–water partition coefficient (Wildman–Crippen LogP) is 3.08. The minimum absolute atomic E-state index is 0.140. The van der Waals surface area contributed by atoms with Crippen LogP contribution in [0.1, 0.15) is 15.9 Å². The fourth-order valence-corrected chi connectivity index (χ4v) is 2.26. The maximum Gasteiger partial charge on any atom is 0.271 e. The maximum absolute atomic E-state index is 13.5. The van der Waals surface area contributed by atoms with Crippen molar-refractivity contribution in [1.82, 2.24) is 5.43 Å². The summed E-state index contributed by atoms with van der Waals surface area (Å²) in [5.74, 6) is 0.250. The van der Waals surface area contributed by atoms with Gasteiger partial charge in [-0.2, -0.15) is 5.10 Å². The zero-order chi connectivity index (χ0) is 15.5. The van der Waals surface area contributed by atoms with E-state index in [4.69, 9.17) is 9.47 Å². The second-order valence-corrected chi connectivity index (χ2v) is 5.35. The molecule has 0 radical (unpaired) electrons. The van der Waals surface area contributed by atoms with Crippen molar-refractivity contribution in [3.8, 4) is 11.5 Å². The lowest BCUT2D eigenvalue weighted by Crippen LogP contribution is -2.17. The molecule has 1 aliphatic rings. The number of carbonyl (C=O) groups excluding carboxylic acids is 1. The highest BCUT2D eigenvalue weighted by atomic mass is 79.9. The number of hydrogen-bond acceptors (Lipinski definition) is 4. The van der Waals surface area contributed by atoms with Crippen LogP contribution in [0.5, 0.6) is 11.5 Å². The van der Waals surface area contributed by atoms with Gasteiger partial charge in [0.15, 0.2) is 11.5 Å². The first-order valence-corrected chi connectivity index (χ1v) is 7.11. The Morgan fingerprint density at radius 1 is 1.23 bits per heavy atom. The molecule has 0 saturated carbocycles. The van der Waals surface area contributed by atoms with E-state index >= 15 is 0 Å². The van der Waals surface area contributed by atoms with Gasteiger partial charge in [-0.25, -0.2) is 9.82 Å². The molecule has 1 N–H and O–H groups in total. The Bertz CT molecular complexity index is 764. The predicted molar refractivity (Wildman–Crippen MR) is 81.7 cm³/mol. The Hall–Kier alpha value is -2.41. The second kappa shape index (κ2) is 6.15. The standard InChI is InChI=1S/C15H10BrFN2O3/c16-11-2-3-12(17)10(5-11)7-18-19-15(20)9-1-4-13-14(6-9)22-8-21-13/h1-7H,8H2,(H,19,20)/b18-7+. The SMILES string of the molecule is O=C(N/N=C/c1cc(Br)ccc1F)c1ccc2c(c1)OCO2. The van der Waals surface area contributed by atoms with E-state index in [0.717, 1.165) is 4.47 Å². The van der Waals surface area contributed by atoms with Crippen LogP contribution < -0.4 is 14.9 Å². The highest BCUT2D eigenvalue weighted by Crippen LogP contribution is 2.32. The minimum atomic E-state index is -0.427. The summed E-state index contributed by atoms with van der Waals surface area (Å²) >= 11 is 3.24. The molecular weight excluding hydrogens is 355 g/mol. The van der Waals surface area contributed by atoms with E-state index < -0.39 is 11.7 Å². The van der Waals surface area contributed by atoms with Gasteiger partial charge in [0.25, 0.3) is 5.91 Å². The molecule has 0 fully saturated rings. The average Bonchev–Trinajstić information content (AvgIpc) is 2.98. The van der Waals surface area contributed by atoms with Crippen molar-refractivity contribution in [2.24, 2.45) is 5.10 Å². The Morgan fingerprint density at radius 2 is 2.05 bits per heavy atom. The number of nitrogens with zero attached hydrogens (tertiary/aromatic N) is 1. The molecule has 3 rings (SSSR count). The molecule has 0 bridgehead atoms. The number of hydrogen-bond donors (Lipinski definition) is 1. The Kier molecular flexibility index (Phi) is 4.06. The number of ether oxygens (including phenoxy) is 2. The molecule has 0 atom stereocenters. The fraction of sp³-hybridized carbons (Fsp3) is 0.0667. The maximum atomic E-state index is 13.5. The summed E-state index contributed by atoms with van der Waals surface area (Å²) < 4.78 is 24.6. The Labute approximate surface area is 133 Å². The molecular formula is C15H10BrFN2O3. The quantitative estimate of drug-likeness (QED) is 0.672. The Morgan fingerprint density at radius 3 is 2.91 bits per heavy atom. The van der Waals surface area contributed by atoms with Crippen LogP contribution in [0.25, 0.3) is 0 Å². The molecule has 0 spiro atoms. The van der Waals surface area contributed by atoms with Gasteiger partial charge in [-0.1, -0.05) is 15.9 Å². The highest BCUT2D eigenvalue weighted by molar-refractivity contribution is 9.10. The van der Waals surface area contributed by atoms with Crippen molar-refractivity contribution in [2.75, 3.05) is 6.79 Å². The molecule has 0 aromatic heterocycles. The first kappa shape index (κ1) is 14.5. The summed E-state index contributed by atoms with van der Waals surface area (Å²) in [6.45, 7) is 0.140. The number of benzene rings is 2. The van der Waals surface area contributed by atoms with Gasteiger partial charge < -0.3 is 9.47 Å². The van der Waals surface area contributed by atoms with Gasteiger partial charge in [-0.3, -0.25) is 4.79 Å². The van der Waals surface area contributed by atoms with E-state index in [0.29, 0.717) is 17.1 Å². The number of nitrogens with one attached hydrogen (secondary N) is 1. The smallest absolute Gasteiger partial charge is 0.271 e.